The second kappa shape index (κ2) is 9.19. The Balaban J connectivity index is 2.11. The molecular formula is C22H33N5O4S. The molecule has 1 aliphatic heterocycles. The van der Waals surface area contributed by atoms with Gasteiger partial charge in [-0.05, 0) is 37.8 Å². The number of carbonyl (C=O) groups excluding carboxylic acids is 2. The Morgan fingerprint density at radius 2 is 1.97 bits per heavy atom. The third-order valence-corrected chi connectivity index (χ3v) is 7.35. The van der Waals surface area contributed by atoms with Crippen LogP contribution in [0.4, 0.5) is 5.69 Å². The van der Waals surface area contributed by atoms with Crippen molar-refractivity contribution in [3.05, 3.63) is 23.5 Å². The van der Waals surface area contributed by atoms with Crippen LogP contribution < -0.4 is 4.72 Å². The Labute approximate surface area is 190 Å². The Morgan fingerprint density at radius 1 is 1.28 bits per heavy atom. The molecule has 176 valence electrons. The maximum atomic E-state index is 13.6. The molecule has 0 bridgehead atoms. The number of nitrogens with zero attached hydrogens (tertiary/aromatic N) is 4. The minimum atomic E-state index is -3.75. The van der Waals surface area contributed by atoms with Crippen LogP contribution >= 0.6 is 0 Å². The van der Waals surface area contributed by atoms with Gasteiger partial charge < -0.3 is 9.47 Å². The number of nitrogens with one attached hydrogen (secondary N) is 1. The summed E-state index contributed by atoms with van der Waals surface area (Å²) in [6, 6.07) is 3.23. The number of likely N-dealkylation sites (tertiary alicyclic amines) is 1. The molecule has 1 N–H and O–H groups in total. The number of Topliss-reactive ketones (excluding diaryl/α,β-unsaturated/α-hetero) is 1. The number of fused-ring (bicyclic) bond motifs is 1. The predicted molar refractivity (Wildman–Crippen MR) is 125 cm³/mol. The lowest BCUT2D eigenvalue weighted by molar-refractivity contribution is -0.122. The van der Waals surface area contributed by atoms with E-state index in [0.29, 0.717) is 35.6 Å². The molecule has 3 rings (SSSR count). The molecule has 1 aromatic heterocycles. The topological polar surface area (TPSA) is 105 Å². The van der Waals surface area contributed by atoms with E-state index in [2.05, 4.69) is 18.6 Å². The van der Waals surface area contributed by atoms with E-state index >= 15 is 0 Å². The summed E-state index contributed by atoms with van der Waals surface area (Å²) in [4.78, 5) is 31.9. The molecule has 0 spiro atoms. The fourth-order valence-electron chi connectivity index (χ4n) is 4.07. The van der Waals surface area contributed by atoms with Gasteiger partial charge in [-0.2, -0.15) is 12.7 Å². The van der Waals surface area contributed by atoms with Crippen molar-refractivity contribution in [1.29, 1.82) is 0 Å². The van der Waals surface area contributed by atoms with Crippen LogP contribution in [-0.4, -0.2) is 66.0 Å². The highest BCUT2D eigenvalue weighted by atomic mass is 32.2. The number of rotatable bonds is 7. The highest BCUT2D eigenvalue weighted by Crippen LogP contribution is 2.29. The van der Waals surface area contributed by atoms with Crippen molar-refractivity contribution in [2.75, 3.05) is 31.9 Å². The van der Waals surface area contributed by atoms with Gasteiger partial charge >= 0.3 is 10.2 Å². The van der Waals surface area contributed by atoms with Crippen LogP contribution in [0.5, 0.6) is 0 Å². The normalized spacial score (nSPS) is 17.4. The SMILES string of the molecule is CC(=O)C1CCCN(C(=O)c2cc(NS(=O)(=O)N(C)C)cc3nc(CC(C)C)n(C)c23)C1. The largest absolute Gasteiger partial charge is 0.338 e. The molecule has 9 nitrogen and oxygen atoms in total. The van der Waals surface area contributed by atoms with Crippen molar-refractivity contribution in [2.24, 2.45) is 18.9 Å². The third kappa shape index (κ3) is 4.96. The fraction of sp³-hybridized carbons (Fsp3) is 0.591. The first kappa shape index (κ1) is 24.2. The molecule has 1 amide bonds. The number of piperidine rings is 1. The van der Waals surface area contributed by atoms with E-state index in [-0.39, 0.29) is 23.3 Å². The highest BCUT2D eigenvalue weighted by Gasteiger charge is 2.29. The Hall–Kier alpha value is -2.46. The van der Waals surface area contributed by atoms with Crippen LogP contribution in [0.1, 0.15) is 49.8 Å². The van der Waals surface area contributed by atoms with E-state index in [1.165, 1.54) is 14.1 Å². The van der Waals surface area contributed by atoms with Gasteiger partial charge in [-0.25, -0.2) is 4.98 Å². The lowest BCUT2D eigenvalue weighted by Crippen LogP contribution is -2.42. The lowest BCUT2D eigenvalue weighted by atomic mass is 9.94. The zero-order valence-corrected chi connectivity index (χ0v) is 20.5. The standard InChI is InChI=1S/C22H33N5O4S/c1-14(2)10-20-23-19-12-17(24-32(30,31)25(4)5)11-18(21(19)26(20)6)22(29)27-9-7-8-16(13-27)15(3)28/h11-12,14,16,24H,7-10,13H2,1-6H3. The number of ketones is 1. The number of imidazole rings is 1. The lowest BCUT2D eigenvalue weighted by Gasteiger charge is -2.32. The summed E-state index contributed by atoms with van der Waals surface area (Å²) in [5.74, 6) is 0.902. The quantitative estimate of drug-likeness (QED) is 0.679. The summed E-state index contributed by atoms with van der Waals surface area (Å²) in [5, 5.41) is 0. The molecule has 10 heteroatoms. The van der Waals surface area contributed by atoms with Crippen LogP contribution in [0.3, 0.4) is 0 Å². The van der Waals surface area contributed by atoms with Crippen molar-refractivity contribution in [2.45, 2.75) is 40.0 Å². The first-order chi connectivity index (χ1) is 14.9. The Kier molecular flexibility index (Phi) is 6.94. The molecule has 1 atom stereocenters. The van der Waals surface area contributed by atoms with Crippen LogP contribution in [0.2, 0.25) is 0 Å². The molecule has 1 saturated heterocycles. The summed E-state index contributed by atoms with van der Waals surface area (Å²) < 4.78 is 30.3. The highest BCUT2D eigenvalue weighted by molar-refractivity contribution is 7.90. The molecule has 1 aromatic carbocycles. The molecule has 0 saturated carbocycles. The molecule has 2 heterocycles. The predicted octanol–water partition coefficient (Wildman–Crippen LogP) is 2.43. The minimum absolute atomic E-state index is 0.0832. The van der Waals surface area contributed by atoms with Gasteiger partial charge in [0.1, 0.15) is 11.6 Å². The van der Waals surface area contributed by atoms with Gasteiger partial charge in [0.25, 0.3) is 5.91 Å². The van der Waals surface area contributed by atoms with Gasteiger partial charge in [-0.1, -0.05) is 13.8 Å². The van der Waals surface area contributed by atoms with Crippen molar-refractivity contribution >= 4 is 38.6 Å². The second-order valence-corrected chi connectivity index (χ2v) is 11.1. The number of amides is 1. The van der Waals surface area contributed by atoms with Gasteiger partial charge in [0.15, 0.2) is 0 Å². The average Bonchev–Trinajstić information content (AvgIpc) is 3.01. The van der Waals surface area contributed by atoms with Crippen molar-refractivity contribution < 1.29 is 18.0 Å². The summed E-state index contributed by atoms with van der Waals surface area (Å²) in [7, 11) is 0.996. The molecule has 2 aromatic rings. The third-order valence-electron chi connectivity index (χ3n) is 5.89. The Morgan fingerprint density at radius 3 is 2.56 bits per heavy atom. The molecule has 1 aliphatic rings. The van der Waals surface area contributed by atoms with Gasteiger partial charge in [-0.15, -0.1) is 0 Å². The van der Waals surface area contributed by atoms with Gasteiger partial charge in [0, 0.05) is 46.6 Å². The van der Waals surface area contributed by atoms with Gasteiger partial charge in [0.2, 0.25) is 0 Å². The van der Waals surface area contributed by atoms with E-state index in [0.717, 1.165) is 29.4 Å². The number of carbonyl (C=O) groups is 2. The summed E-state index contributed by atoms with van der Waals surface area (Å²) in [5.41, 5.74) is 1.89. The van der Waals surface area contributed by atoms with Crippen LogP contribution in [0.15, 0.2) is 12.1 Å². The summed E-state index contributed by atoms with van der Waals surface area (Å²) in [6.45, 7) is 6.69. The molecule has 32 heavy (non-hydrogen) atoms. The maximum Gasteiger partial charge on any atom is 0.301 e. The summed E-state index contributed by atoms with van der Waals surface area (Å²) >= 11 is 0. The van der Waals surface area contributed by atoms with Crippen molar-refractivity contribution in [3.63, 3.8) is 0 Å². The molecule has 0 radical (unpaired) electrons. The van der Waals surface area contributed by atoms with Crippen molar-refractivity contribution in [1.82, 2.24) is 18.8 Å². The van der Waals surface area contributed by atoms with E-state index in [4.69, 9.17) is 4.98 Å². The average molecular weight is 464 g/mol. The zero-order chi connectivity index (χ0) is 23.8. The summed E-state index contributed by atoms with van der Waals surface area (Å²) in [6.07, 6.45) is 2.27. The first-order valence-corrected chi connectivity index (χ1v) is 12.3. The number of anilines is 1. The van der Waals surface area contributed by atoms with E-state index in [1.807, 2.05) is 11.6 Å². The van der Waals surface area contributed by atoms with Gasteiger partial charge in [0.05, 0.1) is 22.3 Å². The number of benzene rings is 1. The Bertz CT molecular complexity index is 1140. The van der Waals surface area contributed by atoms with Gasteiger partial charge in [-0.3, -0.25) is 14.3 Å². The van der Waals surface area contributed by atoms with Crippen molar-refractivity contribution in [3.8, 4) is 0 Å². The van der Waals surface area contributed by atoms with E-state index < -0.39 is 10.2 Å². The second-order valence-electron chi connectivity index (χ2n) is 9.17. The molecular weight excluding hydrogens is 430 g/mol. The van der Waals surface area contributed by atoms with E-state index in [9.17, 15) is 18.0 Å². The van der Waals surface area contributed by atoms with E-state index in [1.54, 1.807) is 24.0 Å². The molecule has 0 aliphatic carbocycles. The van der Waals surface area contributed by atoms with Crippen LogP contribution in [-0.2, 0) is 28.5 Å². The molecule has 1 fully saturated rings. The molecule has 1 unspecified atom stereocenters. The number of hydrogen-bond donors (Lipinski definition) is 1. The smallest absolute Gasteiger partial charge is 0.301 e. The zero-order valence-electron chi connectivity index (χ0n) is 19.7. The van der Waals surface area contributed by atoms with Crippen LogP contribution in [0, 0.1) is 11.8 Å². The number of hydrogen-bond acceptors (Lipinski definition) is 5. The fourth-order valence-corrected chi connectivity index (χ4v) is 4.67. The monoisotopic (exact) mass is 463 g/mol. The maximum absolute atomic E-state index is 13.6. The first-order valence-electron chi connectivity index (χ1n) is 10.9. The number of aromatic nitrogens is 2. The van der Waals surface area contributed by atoms with Crippen LogP contribution in [0.25, 0.3) is 11.0 Å². The minimum Gasteiger partial charge on any atom is -0.338 e. The number of aryl methyl sites for hydroxylation is 1.